The van der Waals surface area contributed by atoms with Gasteiger partial charge in [-0.05, 0) is 25.0 Å². The van der Waals surface area contributed by atoms with E-state index in [9.17, 15) is 9.59 Å². The number of likely N-dealkylation sites (tertiary alicyclic amines) is 1. The van der Waals surface area contributed by atoms with Gasteiger partial charge in [0.05, 0.1) is 18.7 Å². The molecule has 1 aromatic rings. The molecule has 25 heavy (non-hydrogen) atoms. The summed E-state index contributed by atoms with van der Waals surface area (Å²) < 4.78 is 5.32. The van der Waals surface area contributed by atoms with Gasteiger partial charge in [0.25, 0.3) is 0 Å². The van der Waals surface area contributed by atoms with E-state index < -0.39 is 0 Å². The van der Waals surface area contributed by atoms with E-state index in [0.29, 0.717) is 19.5 Å². The summed E-state index contributed by atoms with van der Waals surface area (Å²) >= 11 is 0. The molecular weight excluding hydrogens is 318 g/mol. The maximum Gasteiger partial charge on any atom is 0.228 e. The first kappa shape index (κ1) is 16.6. The van der Waals surface area contributed by atoms with Gasteiger partial charge in [0, 0.05) is 45.2 Å². The van der Waals surface area contributed by atoms with Crippen molar-refractivity contribution in [2.45, 2.75) is 44.7 Å². The molecule has 2 aliphatic heterocycles. The molecule has 0 N–H and O–H groups in total. The van der Waals surface area contributed by atoms with E-state index in [2.05, 4.69) is 4.90 Å². The number of furan rings is 1. The van der Waals surface area contributed by atoms with E-state index in [1.165, 1.54) is 25.7 Å². The van der Waals surface area contributed by atoms with E-state index >= 15 is 0 Å². The minimum Gasteiger partial charge on any atom is -0.467 e. The third-order valence-corrected chi connectivity index (χ3v) is 5.96. The summed E-state index contributed by atoms with van der Waals surface area (Å²) in [7, 11) is 0. The standard InChI is InChI=1S/C19H27N3O3/c23-18-12-15(13-22(18)14-17-6-3-11-25-17)19(24)21-9-7-20(8-10-21)16-4-1-2-5-16/h3,6,11,15-16H,1-2,4-5,7-10,12-14H2/t15-/m0/s1. The smallest absolute Gasteiger partial charge is 0.228 e. The van der Waals surface area contributed by atoms with Gasteiger partial charge in [-0.2, -0.15) is 0 Å². The summed E-state index contributed by atoms with van der Waals surface area (Å²) in [6.07, 6.45) is 7.27. The van der Waals surface area contributed by atoms with Crippen molar-refractivity contribution < 1.29 is 14.0 Å². The number of nitrogens with zero attached hydrogens (tertiary/aromatic N) is 3. The molecule has 3 aliphatic rings. The summed E-state index contributed by atoms with van der Waals surface area (Å²) in [5, 5.41) is 0. The number of amides is 2. The first-order chi connectivity index (χ1) is 12.2. The van der Waals surface area contributed by atoms with Crippen LogP contribution in [0.1, 0.15) is 37.9 Å². The molecule has 6 nitrogen and oxygen atoms in total. The molecule has 1 atom stereocenters. The molecule has 1 saturated carbocycles. The Morgan fingerprint density at radius 3 is 2.60 bits per heavy atom. The molecule has 4 rings (SSSR count). The van der Waals surface area contributed by atoms with E-state index in [1.54, 1.807) is 11.2 Å². The predicted octanol–water partition coefficient (Wildman–Crippen LogP) is 1.71. The van der Waals surface area contributed by atoms with Crippen molar-refractivity contribution in [1.29, 1.82) is 0 Å². The first-order valence-corrected chi connectivity index (χ1v) is 9.53. The summed E-state index contributed by atoms with van der Waals surface area (Å²) in [4.78, 5) is 31.3. The highest BCUT2D eigenvalue weighted by Crippen LogP contribution is 2.26. The van der Waals surface area contributed by atoms with Crippen molar-refractivity contribution in [1.82, 2.24) is 14.7 Å². The van der Waals surface area contributed by atoms with Crippen LogP contribution in [0.25, 0.3) is 0 Å². The highest BCUT2D eigenvalue weighted by Gasteiger charge is 2.38. The maximum absolute atomic E-state index is 12.8. The molecule has 0 unspecified atom stereocenters. The Bertz CT molecular complexity index is 601. The lowest BCUT2D eigenvalue weighted by molar-refractivity contribution is -0.137. The van der Waals surface area contributed by atoms with Crippen LogP contribution >= 0.6 is 0 Å². The Balaban J connectivity index is 1.29. The Hall–Kier alpha value is -1.82. The van der Waals surface area contributed by atoms with Crippen molar-refractivity contribution in [2.24, 2.45) is 5.92 Å². The Labute approximate surface area is 148 Å². The average Bonchev–Trinajstić information content (AvgIpc) is 3.38. The highest BCUT2D eigenvalue weighted by atomic mass is 16.3. The Kier molecular flexibility index (Phi) is 4.79. The molecule has 6 heteroatoms. The van der Waals surface area contributed by atoms with E-state index in [-0.39, 0.29) is 17.7 Å². The van der Waals surface area contributed by atoms with Gasteiger partial charge in [-0.1, -0.05) is 12.8 Å². The van der Waals surface area contributed by atoms with Gasteiger partial charge < -0.3 is 14.2 Å². The largest absolute Gasteiger partial charge is 0.467 e. The molecule has 3 heterocycles. The number of hydrogen-bond acceptors (Lipinski definition) is 4. The number of carbonyl (C=O) groups is 2. The fourth-order valence-corrected chi connectivity index (χ4v) is 4.52. The second-order valence-electron chi connectivity index (χ2n) is 7.55. The fourth-order valence-electron chi connectivity index (χ4n) is 4.52. The van der Waals surface area contributed by atoms with Gasteiger partial charge in [-0.15, -0.1) is 0 Å². The molecule has 1 aromatic heterocycles. The molecular formula is C19H27N3O3. The van der Waals surface area contributed by atoms with Gasteiger partial charge >= 0.3 is 0 Å². The molecule has 0 aromatic carbocycles. The van der Waals surface area contributed by atoms with Crippen LogP contribution in [0.3, 0.4) is 0 Å². The SMILES string of the molecule is O=C1C[C@H](C(=O)N2CCN(C3CCCC3)CC2)CN1Cc1ccco1. The summed E-state index contributed by atoms with van der Waals surface area (Å²) in [5.41, 5.74) is 0. The second-order valence-corrected chi connectivity index (χ2v) is 7.55. The molecule has 0 bridgehead atoms. The molecule has 0 spiro atoms. The fraction of sp³-hybridized carbons (Fsp3) is 0.684. The lowest BCUT2D eigenvalue weighted by atomic mass is 10.1. The lowest BCUT2D eigenvalue weighted by Gasteiger charge is -2.38. The zero-order valence-electron chi connectivity index (χ0n) is 14.7. The molecule has 136 valence electrons. The number of piperazine rings is 1. The summed E-state index contributed by atoms with van der Waals surface area (Å²) in [6, 6.07) is 4.42. The topological polar surface area (TPSA) is 57.0 Å². The Morgan fingerprint density at radius 1 is 1.16 bits per heavy atom. The molecule has 2 amide bonds. The van der Waals surface area contributed by atoms with Gasteiger partial charge in [0.2, 0.25) is 11.8 Å². The van der Waals surface area contributed by atoms with Crippen LogP contribution < -0.4 is 0 Å². The van der Waals surface area contributed by atoms with Crippen LogP contribution in [-0.4, -0.2) is 65.3 Å². The van der Waals surface area contributed by atoms with Gasteiger partial charge in [-0.3, -0.25) is 14.5 Å². The number of carbonyl (C=O) groups excluding carboxylic acids is 2. The second kappa shape index (κ2) is 7.20. The molecule has 1 aliphatic carbocycles. The third-order valence-electron chi connectivity index (χ3n) is 5.96. The first-order valence-electron chi connectivity index (χ1n) is 9.53. The Morgan fingerprint density at radius 2 is 1.92 bits per heavy atom. The lowest BCUT2D eigenvalue weighted by Crippen LogP contribution is -2.52. The monoisotopic (exact) mass is 345 g/mol. The summed E-state index contributed by atoms with van der Waals surface area (Å²) in [6.45, 7) is 4.54. The van der Waals surface area contributed by atoms with Crippen LogP contribution in [0.2, 0.25) is 0 Å². The summed E-state index contributed by atoms with van der Waals surface area (Å²) in [5.74, 6) is 0.785. The minimum absolute atomic E-state index is 0.0549. The zero-order chi connectivity index (χ0) is 17.2. The predicted molar refractivity (Wildman–Crippen MR) is 92.6 cm³/mol. The van der Waals surface area contributed by atoms with E-state index in [1.807, 2.05) is 17.0 Å². The van der Waals surface area contributed by atoms with Crippen molar-refractivity contribution in [3.05, 3.63) is 24.2 Å². The van der Waals surface area contributed by atoms with Crippen LogP contribution in [0.5, 0.6) is 0 Å². The van der Waals surface area contributed by atoms with Crippen LogP contribution in [-0.2, 0) is 16.1 Å². The molecule has 3 fully saturated rings. The number of rotatable bonds is 4. The van der Waals surface area contributed by atoms with Gasteiger partial charge in [0.1, 0.15) is 5.76 Å². The maximum atomic E-state index is 12.8. The quantitative estimate of drug-likeness (QED) is 0.834. The minimum atomic E-state index is -0.194. The van der Waals surface area contributed by atoms with Gasteiger partial charge in [-0.25, -0.2) is 0 Å². The van der Waals surface area contributed by atoms with Crippen molar-refractivity contribution in [2.75, 3.05) is 32.7 Å². The normalized spacial score (nSPS) is 25.9. The van der Waals surface area contributed by atoms with Crippen molar-refractivity contribution in [3.8, 4) is 0 Å². The van der Waals surface area contributed by atoms with E-state index in [4.69, 9.17) is 4.42 Å². The van der Waals surface area contributed by atoms with Crippen molar-refractivity contribution >= 4 is 11.8 Å². The van der Waals surface area contributed by atoms with Crippen LogP contribution in [0, 0.1) is 5.92 Å². The molecule has 0 radical (unpaired) electrons. The molecule has 2 saturated heterocycles. The van der Waals surface area contributed by atoms with Crippen LogP contribution in [0.15, 0.2) is 22.8 Å². The van der Waals surface area contributed by atoms with Crippen molar-refractivity contribution in [3.63, 3.8) is 0 Å². The van der Waals surface area contributed by atoms with Gasteiger partial charge in [0.15, 0.2) is 0 Å². The van der Waals surface area contributed by atoms with E-state index in [0.717, 1.165) is 38.0 Å². The number of hydrogen-bond donors (Lipinski definition) is 0. The third kappa shape index (κ3) is 3.59. The average molecular weight is 345 g/mol. The highest BCUT2D eigenvalue weighted by molar-refractivity contribution is 5.89. The van der Waals surface area contributed by atoms with Crippen LogP contribution in [0.4, 0.5) is 0 Å². The zero-order valence-corrected chi connectivity index (χ0v) is 14.7.